The molecule has 16 heavy (non-hydrogen) atoms. The smallest absolute Gasteiger partial charge is 0.129 e. The number of nitrogens with zero attached hydrogens (tertiary/aromatic N) is 3. The first-order chi connectivity index (χ1) is 7.88. The normalized spacial score (nSPS) is 17.1. The summed E-state index contributed by atoms with van der Waals surface area (Å²) in [5.41, 5.74) is 0. The van der Waals surface area contributed by atoms with Gasteiger partial charge in [-0.15, -0.1) is 0 Å². The first-order valence-electron chi connectivity index (χ1n) is 5.71. The van der Waals surface area contributed by atoms with Crippen molar-refractivity contribution in [2.45, 2.75) is 13.0 Å². The van der Waals surface area contributed by atoms with Crippen LogP contribution in [0.3, 0.4) is 0 Å². The molecular weight excluding hydrogens is 220 g/mol. The Bertz CT molecular complexity index is 300. The Kier molecular flexibility index (Phi) is 4.42. The van der Waals surface area contributed by atoms with Gasteiger partial charge in [-0.3, -0.25) is 4.90 Å². The summed E-state index contributed by atoms with van der Waals surface area (Å²) in [6.45, 7) is 5.68. The van der Waals surface area contributed by atoms with Crippen molar-refractivity contribution >= 4 is 17.6 Å². The number of rotatable bonds is 6. The largest absolute Gasteiger partial charge is 0.365 e. The summed E-state index contributed by atoms with van der Waals surface area (Å²) in [5, 5.41) is 3.40. The summed E-state index contributed by atoms with van der Waals surface area (Å²) in [6, 6.07) is 2.47. The minimum atomic E-state index is 0.557. The molecule has 4 nitrogen and oxygen atoms in total. The highest BCUT2D eigenvalue weighted by atomic mass is 32.2. The third-order valence-corrected chi connectivity index (χ3v) is 3.53. The molecule has 1 N–H and O–H groups in total. The van der Waals surface area contributed by atoms with Gasteiger partial charge in [0.05, 0.1) is 6.04 Å². The molecule has 1 aromatic heterocycles. The third kappa shape index (κ3) is 3.35. The standard InChI is InChI=1S/C11H18N4S/c1-2-16-6-5-15-7-10(8-15)14-11-3-4-12-9-13-11/h3-4,9-10H,2,5-8H2,1H3,(H,12,13,14). The lowest BCUT2D eigenvalue weighted by Gasteiger charge is -2.39. The minimum absolute atomic E-state index is 0.557. The van der Waals surface area contributed by atoms with Crippen LogP contribution in [0.4, 0.5) is 5.82 Å². The third-order valence-electron chi connectivity index (χ3n) is 2.65. The van der Waals surface area contributed by atoms with Crippen LogP contribution in [0.5, 0.6) is 0 Å². The van der Waals surface area contributed by atoms with Gasteiger partial charge in [0.2, 0.25) is 0 Å². The van der Waals surface area contributed by atoms with Crippen LogP contribution < -0.4 is 5.32 Å². The second kappa shape index (κ2) is 6.06. The molecule has 1 saturated heterocycles. The maximum Gasteiger partial charge on any atom is 0.129 e. The highest BCUT2D eigenvalue weighted by Gasteiger charge is 2.25. The minimum Gasteiger partial charge on any atom is -0.365 e. The number of hydrogen-bond acceptors (Lipinski definition) is 5. The zero-order chi connectivity index (χ0) is 11.2. The average Bonchev–Trinajstić information content (AvgIpc) is 2.27. The van der Waals surface area contributed by atoms with E-state index in [1.807, 2.05) is 17.8 Å². The molecule has 2 rings (SSSR count). The van der Waals surface area contributed by atoms with E-state index in [1.54, 1.807) is 12.5 Å². The van der Waals surface area contributed by atoms with Crippen molar-refractivity contribution in [3.05, 3.63) is 18.6 Å². The predicted molar refractivity (Wildman–Crippen MR) is 68.9 cm³/mol. The fourth-order valence-corrected chi connectivity index (χ4v) is 2.44. The van der Waals surface area contributed by atoms with Gasteiger partial charge in [-0.25, -0.2) is 9.97 Å². The first-order valence-corrected chi connectivity index (χ1v) is 6.86. The molecule has 0 saturated carbocycles. The van der Waals surface area contributed by atoms with Crippen molar-refractivity contribution in [2.24, 2.45) is 0 Å². The van der Waals surface area contributed by atoms with E-state index in [1.165, 1.54) is 18.1 Å². The van der Waals surface area contributed by atoms with Crippen LogP contribution in [0.1, 0.15) is 6.92 Å². The van der Waals surface area contributed by atoms with Gasteiger partial charge < -0.3 is 5.32 Å². The highest BCUT2D eigenvalue weighted by Crippen LogP contribution is 2.13. The summed E-state index contributed by atoms with van der Waals surface area (Å²) in [5.74, 6) is 3.40. The van der Waals surface area contributed by atoms with E-state index in [4.69, 9.17) is 0 Å². The molecule has 1 aliphatic rings. The summed E-state index contributed by atoms with van der Waals surface area (Å²) < 4.78 is 0. The SMILES string of the molecule is CCSCCN1CC(Nc2ccncn2)C1. The van der Waals surface area contributed by atoms with Crippen LogP contribution >= 0.6 is 11.8 Å². The number of anilines is 1. The molecule has 1 aromatic rings. The number of aromatic nitrogens is 2. The summed E-state index contributed by atoms with van der Waals surface area (Å²) >= 11 is 2.01. The Labute approximate surface area is 101 Å². The molecule has 0 aromatic carbocycles. The molecule has 0 amide bonds. The first kappa shape index (κ1) is 11.7. The van der Waals surface area contributed by atoms with Gasteiger partial charge in [0.15, 0.2) is 0 Å². The van der Waals surface area contributed by atoms with Crippen molar-refractivity contribution in [3.63, 3.8) is 0 Å². The van der Waals surface area contributed by atoms with Crippen LogP contribution in [-0.2, 0) is 0 Å². The predicted octanol–water partition coefficient (Wildman–Crippen LogP) is 1.33. The number of likely N-dealkylation sites (tertiary alicyclic amines) is 1. The van der Waals surface area contributed by atoms with Gasteiger partial charge in [-0.05, 0) is 11.8 Å². The van der Waals surface area contributed by atoms with Crippen LogP contribution in [0.2, 0.25) is 0 Å². The second-order valence-electron chi connectivity index (χ2n) is 3.89. The van der Waals surface area contributed by atoms with E-state index in [0.717, 1.165) is 18.9 Å². The van der Waals surface area contributed by atoms with Crippen LogP contribution in [-0.4, -0.2) is 52.0 Å². The lowest BCUT2D eigenvalue weighted by molar-refractivity contribution is 0.173. The molecule has 1 fully saturated rings. The molecule has 5 heteroatoms. The zero-order valence-corrected chi connectivity index (χ0v) is 10.4. The molecule has 0 atom stereocenters. The van der Waals surface area contributed by atoms with E-state index in [0.29, 0.717) is 6.04 Å². The summed E-state index contributed by atoms with van der Waals surface area (Å²) in [4.78, 5) is 10.5. The lowest BCUT2D eigenvalue weighted by Crippen LogP contribution is -2.55. The van der Waals surface area contributed by atoms with Gasteiger partial charge in [0.1, 0.15) is 12.1 Å². The van der Waals surface area contributed by atoms with E-state index in [9.17, 15) is 0 Å². The maximum atomic E-state index is 4.16. The number of hydrogen-bond donors (Lipinski definition) is 1. The molecule has 0 spiro atoms. The Morgan fingerprint density at radius 2 is 2.44 bits per heavy atom. The maximum absolute atomic E-state index is 4.16. The molecule has 88 valence electrons. The van der Waals surface area contributed by atoms with Gasteiger partial charge in [0.25, 0.3) is 0 Å². The Morgan fingerprint density at radius 3 is 3.12 bits per heavy atom. The molecule has 0 radical (unpaired) electrons. The molecule has 2 heterocycles. The van der Waals surface area contributed by atoms with Gasteiger partial charge >= 0.3 is 0 Å². The summed E-state index contributed by atoms with van der Waals surface area (Å²) in [6.07, 6.45) is 3.35. The Hall–Kier alpha value is -0.810. The van der Waals surface area contributed by atoms with Crippen molar-refractivity contribution < 1.29 is 0 Å². The van der Waals surface area contributed by atoms with Crippen molar-refractivity contribution in [3.8, 4) is 0 Å². The molecular formula is C11H18N4S. The fourth-order valence-electron chi connectivity index (χ4n) is 1.77. The average molecular weight is 238 g/mol. The monoisotopic (exact) mass is 238 g/mol. The van der Waals surface area contributed by atoms with Crippen molar-refractivity contribution in [1.29, 1.82) is 0 Å². The second-order valence-corrected chi connectivity index (χ2v) is 5.29. The quantitative estimate of drug-likeness (QED) is 0.757. The van der Waals surface area contributed by atoms with E-state index < -0.39 is 0 Å². The van der Waals surface area contributed by atoms with Crippen LogP contribution in [0, 0.1) is 0 Å². The van der Waals surface area contributed by atoms with E-state index in [-0.39, 0.29) is 0 Å². The Balaban J connectivity index is 1.62. The van der Waals surface area contributed by atoms with Gasteiger partial charge in [-0.1, -0.05) is 6.92 Å². The zero-order valence-electron chi connectivity index (χ0n) is 9.59. The highest BCUT2D eigenvalue weighted by molar-refractivity contribution is 7.99. The Morgan fingerprint density at radius 1 is 1.56 bits per heavy atom. The van der Waals surface area contributed by atoms with Gasteiger partial charge in [0, 0.05) is 31.6 Å². The molecule has 0 aliphatic carbocycles. The fraction of sp³-hybridized carbons (Fsp3) is 0.636. The van der Waals surface area contributed by atoms with Crippen molar-refractivity contribution in [2.75, 3.05) is 36.5 Å². The van der Waals surface area contributed by atoms with E-state index >= 15 is 0 Å². The van der Waals surface area contributed by atoms with Gasteiger partial charge in [-0.2, -0.15) is 11.8 Å². The molecule has 0 bridgehead atoms. The molecule has 1 aliphatic heterocycles. The van der Waals surface area contributed by atoms with Crippen LogP contribution in [0.15, 0.2) is 18.6 Å². The molecule has 0 unspecified atom stereocenters. The summed E-state index contributed by atoms with van der Waals surface area (Å²) in [7, 11) is 0. The van der Waals surface area contributed by atoms with E-state index in [2.05, 4.69) is 27.1 Å². The topological polar surface area (TPSA) is 41.0 Å². The lowest BCUT2D eigenvalue weighted by atomic mass is 10.1. The van der Waals surface area contributed by atoms with Crippen LogP contribution in [0.25, 0.3) is 0 Å². The van der Waals surface area contributed by atoms with Crippen molar-refractivity contribution in [1.82, 2.24) is 14.9 Å². The number of nitrogens with one attached hydrogen (secondary N) is 1. The number of thioether (sulfide) groups is 1.